The molecule has 3 nitrogen and oxygen atoms in total. The van der Waals surface area contributed by atoms with Gasteiger partial charge in [0.05, 0.1) is 10.5 Å². The van der Waals surface area contributed by atoms with Crippen LogP contribution in [0, 0.1) is 11.6 Å². The number of aromatic carboxylic acids is 1. The summed E-state index contributed by atoms with van der Waals surface area (Å²) < 4.78 is 26.5. The molecule has 98 valence electrons. The highest BCUT2D eigenvalue weighted by Crippen LogP contribution is 2.30. The van der Waals surface area contributed by atoms with Gasteiger partial charge >= 0.3 is 5.97 Å². The molecule has 0 fully saturated rings. The molecule has 2 aromatic rings. The van der Waals surface area contributed by atoms with Crippen LogP contribution in [0.2, 0.25) is 5.15 Å². The molecule has 0 atom stereocenters. The van der Waals surface area contributed by atoms with E-state index in [1.54, 1.807) is 0 Å². The minimum absolute atomic E-state index is 0.00565. The smallest absolute Gasteiger partial charge is 0.335 e. The summed E-state index contributed by atoms with van der Waals surface area (Å²) in [7, 11) is 0. The van der Waals surface area contributed by atoms with Crippen molar-refractivity contribution in [1.29, 1.82) is 0 Å². The van der Waals surface area contributed by atoms with Gasteiger partial charge in [0.2, 0.25) is 0 Å². The van der Waals surface area contributed by atoms with Gasteiger partial charge in [-0.3, -0.25) is 0 Å². The van der Waals surface area contributed by atoms with E-state index in [0.29, 0.717) is 0 Å². The normalized spacial score (nSPS) is 10.5. The molecule has 0 aliphatic heterocycles. The van der Waals surface area contributed by atoms with Crippen molar-refractivity contribution in [2.75, 3.05) is 0 Å². The van der Waals surface area contributed by atoms with Gasteiger partial charge in [0.25, 0.3) is 0 Å². The summed E-state index contributed by atoms with van der Waals surface area (Å²) in [5, 5.41) is 9.02. The van der Waals surface area contributed by atoms with Gasteiger partial charge in [-0.25, -0.2) is 18.6 Å². The van der Waals surface area contributed by atoms with Crippen molar-refractivity contribution in [3.05, 3.63) is 52.7 Å². The van der Waals surface area contributed by atoms with Gasteiger partial charge in [-0.1, -0.05) is 23.4 Å². The Balaban J connectivity index is 2.38. The fourth-order valence-corrected chi connectivity index (χ4v) is 2.47. The standard InChI is InChI=1S/C12H6ClF2NO2S/c13-10-3-6(12(17)18)4-11(16-10)19-9-5-7(14)1-2-8(9)15/h1-5H,(H,17,18). The molecular weight excluding hydrogens is 296 g/mol. The average molecular weight is 302 g/mol. The van der Waals surface area contributed by atoms with Crippen molar-refractivity contribution in [2.45, 2.75) is 9.92 Å². The van der Waals surface area contributed by atoms with E-state index in [4.69, 9.17) is 16.7 Å². The van der Waals surface area contributed by atoms with Crippen molar-refractivity contribution in [3.63, 3.8) is 0 Å². The van der Waals surface area contributed by atoms with Crippen molar-refractivity contribution >= 4 is 29.3 Å². The molecule has 7 heteroatoms. The first kappa shape index (κ1) is 13.8. The predicted octanol–water partition coefficient (Wildman–Crippen LogP) is 3.86. The molecule has 1 aromatic carbocycles. The van der Waals surface area contributed by atoms with E-state index in [0.717, 1.165) is 30.0 Å². The second-order valence-corrected chi connectivity index (χ2v) is 4.95. The monoisotopic (exact) mass is 301 g/mol. The first-order valence-electron chi connectivity index (χ1n) is 4.99. The van der Waals surface area contributed by atoms with Gasteiger partial charge in [0, 0.05) is 0 Å². The summed E-state index contributed by atoms with van der Waals surface area (Å²) in [6.07, 6.45) is 0. The lowest BCUT2D eigenvalue weighted by molar-refractivity contribution is 0.0696. The molecule has 2 rings (SSSR count). The van der Waals surface area contributed by atoms with Gasteiger partial charge in [0.15, 0.2) is 0 Å². The number of hydrogen-bond donors (Lipinski definition) is 1. The SMILES string of the molecule is O=C(O)c1cc(Cl)nc(Sc2cc(F)ccc2F)c1. The van der Waals surface area contributed by atoms with E-state index in [2.05, 4.69) is 4.98 Å². The molecular formula is C12H6ClF2NO2S. The Morgan fingerprint density at radius 1 is 1.26 bits per heavy atom. The van der Waals surface area contributed by atoms with E-state index < -0.39 is 17.6 Å². The van der Waals surface area contributed by atoms with Crippen LogP contribution in [0.25, 0.3) is 0 Å². The molecule has 1 N–H and O–H groups in total. The minimum atomic E-state index is -1.18. The van der Waals surface area contributed by atoms with Crippen LogP contribution in [-0.4, -0.2) is 16.1 Å². The van der Waals surface area contributed by atoms with Crippen LogP contribution in [0.3, 0.4) is 0 Å². The predicted molar refractivity (Wildman–Crippen MR) is 66.7 cm³/mol. The largest absolute Gasteiger partial charge is 0.478 e. The number of hydrogen-bond acceptors (Lipinski definition) is 3. The summed E-state index contributed by atoms with van der Waals surface area (Å²) in [4.78, 5) is 14.7. The zero-order valence-corrected chi connectivity index (χ0v) is 10.8. The highest BCUT2D eigenvalue weighted by Gasteiger charge is 2.11. The zero-order chi connectivity index (χ0) is 14.0. The van der Waals surface area contributed by atoms with Gasteiger partial charge in [-0.2, -0.15) is 0 Å². The number of pyridine rings is 1. The summed E-state index contributed by atoms with van der Waals surface area (Å²) in [6.45, 7) is 0. The van der Waals surface area contributed by atoms with Crippen molar-refractivity contribution in [1.82, 2.24) is 4.98 Å². The number of aromatic nitrogens is 1. The van der Waals surface area contributed by atoms with E-state index in [1.807, 2.05) is 0 Å². The molecule has 1 aromatic heterocycles. The van der Waals surface area contributed by atoms with Crippen LogP contribution in [0.1, 0.15) is 10.4 Å². The fourth-order valence-electron chi connectivity index (χ4n) is 1.32. The van der Waals surface area contributed by atoms with Crippen LogP contribution in [0.5, 0.6) is 0 Å². The van der Waals surface area contributed by atoms with Crippen molar-refractivity contribution in [2.24, 2.45) is 0 Å². The summed E-state index contributed by atoms with van der Waals surface area (Å²) in [5.74, 6) is -2.39. The summed E-state index contributed by atoms with van der Waals surface area (Å²) in [6, 6.07) is 5.40. The number of benzene rings is 1. The first-order valence-corrected chi connectivity index (χ1v) is 6.19. The van der Waals surface area contributed by atoms with Crippen LogP contribution >= 0.6 is 23.4 Å². The lowest BCUT2D eigenvalue weighted by Gasteiger charge is -2.04. The van der Waals surface area contributed by atoms with E-state index in [1.165, 1.54) is 12.1 Å². The molecule has 0 saturated carbocycles. The number of halogens is 3. The molecule has 0 bridgehead atoms. The van der Waals surface area contributed by atoms with E-state index >= 15 is 0 Å². The lowest BCUT2D eigenvalue weighted by Crippen LogP contribution is -1.98. The Morgan fingerprint density at radius 2 is 2.00 bits per heavy atom. The Labute approximate surface area is 116 Å². The van der Waals surface area contributed by atoms with Crippen LogP contribution < -0.4 is 0 Å². The molecule has 0 aliphatic rings. The quantitative estimate of drug-likeness (QED) is 0.875. The Hall–Kier alpha value is -1.66. The zero-order valence-electron chi connectivity index (χ0n) is 9.23. The number of nitrogens with zero attached hydrogens (tertiary/aromatic N) is 1. The number of carboxylic acid groups (broad SMARTS) is 1. The third-order valence-electron chi connectivity index (χ3n) is 2.13. The number of carbonyl (C=O) groups is 1. The third-order valence-corrected chi connectivity index (χ3v) is 3.27. The first-order chi connectivity index (χ1) is 8.95. The van der Waals surface area contributed by atoms with Crippen molar-refractivity contribution < 1.29 is 18.7 Å². The minimum Gasteiger partial charge on any atom is -0.478 e. The molecule has 0 amide bonds. The summed E-state index contributed by atoms with van der Waals surface area (Å²) >= 11 is 6.48. The highest BCUT2D eigenvalue weighted by atomic mass is 35.5. The van der Waals surface area contributed by atoms with Gasteiger partial charge in [-0.05, 0) is 30.3 Å². The van der Waals surface area contributed by atoms with Crippen molar-refractivity contribution in [3.8, 4) is 0 Å². The van der Waals surface area contributed by atoms with E-state index in [-0.39, 0.29) is 20.6 Å². The average Bonchev–Trinajstić information content (AvgIpc) is 2.33. The Morgan fingerprint density at radius 3 is 2.68 bits per heavy atom. The second-order valence-electron chi connectivity index (χ2n) is 3.50. The lowest BCUT2D eigenvalue weighted by atomic mass is 10.3. The van der Waals surface area contributed by atoms with Crippen LogP contribution in [0.15, 0.2) is 40.3 Å². The number of carboxylic acids is 1. The molecule has 0 unspecified atom stereocenters. The molecule has 0 radical (unpaired) electrons. The van der Waals surface area contributed by atoms with Gasteiger partial charge < -0.3 is 5.11 Å². The van der Waals surface area contributed by atoms with Gasteiger partial charge in [-0.15, -0.1) is 0 Å². The summed E-state index contributed by atoms with van der Waals surface area (Å²) in [5.41, 5.74) is -0.0701. The maximum absolute atomic E-state index is 13.5. The maximum Gasteiger partial charge on any atom is 0.335 e. The third kappa shape index (κ3) is 3.42. The molecule has 19 heavy (non-hydrogen) atoms. The number of rotatable bonds is 3. The Bertz CT molecular complexity index is 652. The molecule has 1 heterocycles. The van der Waals surface area contributed by atoms with E-state index in [9.17, 15) is 13.6 Å². The molecule has 0 spiro atoms. The van der Waals surface area contributed by atoms with Crippen LogP contribution in [0.4, 0.5) is 8.78 Å². The molecule has 0 aliphatic carbocycles. The second kappa shape index (κ2) is 5.54. The maximum atomic E-state index is 13.5. The Kier molecular flexibility index (Phi) is 4.01. The van der Waals surface area contributed by atoms with Crippen LogP contribution in [-0.2, 0) is 0 Å². The molecule has 0 saturated heterocycles. The highest BCUT2D eigenvalue weighted by molar-refractivity contribution is 7.99. The topological polar surface area (TPSA) is 50.2 Å². The fraction of sp³-hybridized carbons (Fsp3) is 0. The van der Waals surface area contributed by atoms with Gasteiger partial charge in [0.1, 0.15) is 21.8 Å².